The quantitative estimate of drug-likeness (QED) is 0.561. The predicted octanol–water partition coefficient (Wildman–Crippen LogP) is 4.13. The molecule has 2 nitrogen and oxygen atoms in total. The molecule has 0 aliphatic rings. The van der Waals surface area contributed by atoms with Crippen LogP contribution in [0.3, 0.4) is 0 Å². The van der Waals surface area contributed by atoms with Crippen molar-refractivity contribution in [2.75, 3.05) is 0 Å². The van der Waals surface area contributed by atoms with Gasteiger partial charge in [-0.05, 0) is 48.1 Å². The van der Waals surface area contributed by atoms with Gasteiger partial charge in [0.2, 0.25) is 0 Å². The number of hydrogen-bond donors (Lipinski definition) is 2. The number of hydrogen-bond acceptors (Lipinski definition) is 4. The highest BCUT2D eigenvalue weighted by Crippen LogP contribution is 2.35. The van der Waals surface area contributed by atoms with E-state index in [1.54, 1.807) is 11.3 Å². The first-order chi connectivity index (χ1) is 9.19. The van der Waals surface area contributed by atoms with Gasteiger partial charge in [-0.15, -0.1) is 22.7 Å². The smallest absolute Gasteiger partial charge is 0.0803 e. The van der Waals surface area contributed by atoms with Crippen LogP contribution < -0.4 is 11.3 Å². The largest absolute Gasteiger partial charge is 0.271 e. The minimum absolute atomic E-state index is 0.0731. The average Bonchev–Trinajstić information content (AvgIpc) is 2.95. The molecule has 2 aromatic heterocycles. The fourth-order valence-electron chi connectivity index (χ4n) is 2.21. The molecule has 19 heavy (non-hydrogen) atoms. The van der Waals surface area contributed by atoms with Crippen molar-refractivity contribution in [2.24, 2.45) is 5.84 Å². The number of aryl methyl sites for hydroxylation is 2. The summed E-state index contributed by atoms with van der Waals surface area (Å²) in [6, 6.07) is 11.0. The van der Waals surface area contributed by atoms with Crippen molar-refractivity contribution in [3.63, 3.8) is 0 Å². The Labute approximate surface area is 120 Å². The Morgan fingerprint density at radius 1 is 1.05 bits per heavy atom. The Morgan fingerprint density at radius 2 is 1.89 bits per heavy atom. The predicted molar refractivity (Wildman–Crippen MR) is 84.8 cm³/mol. The summed E-state index contributed by atoms with van der Waals surface area (Å²) < 4.78 is 2.67. The van der Waals surface area contributed by atoms with Gasteiger partial charge < -0.3 is 0 Å². The molecular formula is C15H16N2S2. The van der Waals surface area contributed by atoms with E-state index in [1.807, 2.05) is 11.3 Å². The van der Waals surface area contributed by atoms with Crippen LogP contribution in [0.25, 0.3) is 9.40 Å². The van der Waals surface area contributed by atoms with Crippen LogP contribution in [-0.2, 0) is 0 Å². The second kappa shape index (κ2) is 5.06. The Morgan fingerprint density at radius 3 is 2.58 bits per heavy atom. The molecule has 1 aromatic carbocycles. The average molecular weight is 288 g/mol. The van der Waals surface area contributed by atoms with E-state index in [0.717, 1.165) is 0 Å². The van der Waals surface area contributed by atoms with Gasteiger partial charge in [-0.1, -0.05) is 18.2 Å². The molecule has 0 fully saturated rings. The van der Waals surface area contributed by atoms with Crippen molar-refractivity contribution in [2.45, 2.75) is 19.9 Å². The van der Waals surface area contributed by atoms with Gasteiger partial charge in [0.25, 0.3) is 0 Å². The molecule has 0 bridgehead atoms. The molecule has 0 radical (unpaired) electrons. The number of thiophene rings is 2. The van der Waals surface area contributed by atoms with Gasteiger partial charge in [-0.25, -0.2) is 5.43 Å². The van der Waals surface area contributed by atoms with Crippen LogP contribution in [0.1, 0.15) is 27.6 Å². The third-order valence-electron chi connectivity index (χ3n) is 3.47. The van der Waals surface area contributed by atoms with Crippen LogP contribution in [0, 0.1) is 13.8 Å². The summed E-state index contributed by atoms with van der Waals surface area (Å²) in [4.78, 5) is 1.27. The summed E-state index contributed by atoms with van der Waals surface area (Å²) in [5, 5.41) is 2.13. The molecule has 0 aliphatic heterocycles. The molecule has 3 N–H and O–H groups in total. The SMILES string of the molecule is Cc1ccc(C(NN)c2cc3sccc3s2)cc1C. The Bertz CT molecular complexity index is 683. The fraction of sp³-hybridized carbons (Fsp3) is 0.200. The third kappa shape index (κ3) is 2.32. The summed E-state index contributed by atoms with van der Waals surface area (Å²) >= 11 is 3.59. The second-order valence-corrected chi connectivity index (χ2v) is 6.80. The lowest BCUT2D eigenvalue weighted by Crippen LogP contribution is -2.28. The van der Waals surface area contributed by atoms with Crippen molar-refractivity contribution in [1.29, 1.82) is 0 Å². The van der Waals surface area contributed by atoms with E-state index < -0.39 is 0 Å². The first-order valence-electron chi connectivity index (χ1n) is 6.19. The van der Waals surface area contributed by atoms with Crippen LogP contribution >= 0.6 is 22.7 Å². The molecule has 3 rings (SSSR count). The van der Waals surface area contributed by atoms with Crippen LogP contribution in [0.5, 0.6) is 0 Å². The van der Waals surface area contributed by atoms with Crippen molar-refractivity contribution in [3.05, 3.63) is 57.3 Å². The maximum atomic E-state index is 5.78. The molecule has 98 valence electrons. The van der Waals surface area contributed by atoms with Gasteiger partial charge in [0.1, 0.15) is 0 Å². The topological polar surface area (TPSA) is 38.0 Å². The maximum Gasteiger partial charge on any atom is 0.0803 e. The molecule has 0 saturated heterocycles. The van der Waals surface area contributed by atoms with E-state index in [1.165, 1.54) is 31.0 Å². The fourth-order valence-corrected chi connectivity index (χ4v) is 4.42. The summed E-state index contributed by atoms with van der Waals surface area (Å²) in [6.07, 6.45) is 0. The molecule has 0 amide bonds. The summed E-state index contributed by atoms with van der Waals surface area (Å²) in [5.41, 5.74) is 6.78. The van der Waals surface area contributed by atoms with Crippen molar-refractivity contribution in [1.82, 2.24) is 5.43 Å². The first-order valence-corrected chi connectivity index (χ1v) is 7.89. The van der Waals surface area contributed by atoms with E-state index in [9.17, 15) is 0 Å². The maximum absolute atomic E-state index is 5.78. The Kier molecular flexibility index (Phi) is 3.41. The normalized spacial score (nSPS) is 13.0. The standard InChI is InChI=1S/C15H16N2S2/c1-9-3-4-11(7-10(9)2)15(17-16)14-8-13-12(19-14)5-6-18-13/h3-8,15,17H,16H2,1-2H3. The number of hydrazine groups is 1. The van der Waals surface area contributed by atoms with E-state index in [0.29, 0.717) is 0 Å². The molecule has 1 unspecified atom stereocenters. The molecule has 2 heterocycles. The molecule has 0 spiro atoms. The lowest BCUT2D eigenvalue weighted by Gasteiger charge is -2.16. The van der Waals surface area contributed by atoms with Gasteiger partial charge in [-0.2, -0.15) is 0 Å². The van der Waals surface area contributed by atoms with Gasteiger partial charge in [0.15, 0.2) is 0 Å². The van der Waals surface area contributed by atoms with Crippen LogP contribution in [0.4, 0.5) is 0 Å². The van der Waals surface area contributed by atoms with Crippen molar-refractivity contribution < 1.29 is 0 Å². The van der Waals surface area contributed by atoms with Gasteiger partial charge in [0, 0.05) is 14.3 Å². The second-order valence-electron chi connectivity index (χ2n) is 4.74. The van der Waals surface area contributed by atoms with Gasteiger partial charge >= 0.3 is 0 Å². The summed E-state index contributed by atoms with van der Waals surface area (Å²) in [5.74, 6) is 5.78. The van der Waals surface area contributed by atoms with E-state index >= 15 is 0 Å². The summed E-state index contributed by atoms with van der Waals surface area (Å²) in [7, 11) is 0. The molecular weight excluding hydrogens is 272 g/mol. The van der Waals surface area contributed by atoms with Crippen LogP contribution in [0.15, 0.2) is 35.7 Å². The highest BCUT2D eigenvalue weighted by molar-refractivity contribution is 7.27. The van der Waals surface area contributed by atoms with Gasteiger partial charge in [-0.3, -0.25) is 5.84 Å². The first kappa shape index (κ1) is 12.8. The molecule has 0 saturated carbocycles. The highest BCUT2D eigenvalue weighted by atomic mass is 32.1. The molecule has 4 heteroatoms. The molecule has 0 aliphatic carbocycles. The van der Waals surface area contributed by atoms with Crippen molar-refractivity contribution >= 4 is 32.1 Å². The monoisotopic (exact) mass is 288 g/mol. The van der Waals surface area contributed by atoms with E-state index in [2.05, 4.69) is 55.0 Å². The third-order valence-corrected chi connectivity index (χ3v) is 5.63. The molecule has 3 aromatic rings. The number of fused-ring (bicyclic) bond motifs is 1. The van der Waals surface area contributed by atoms with Crippen molar-refractivity contribution in [3.8, 4) is 0 Å². The zero-order chi connectivity index (χ0) is 13.4. The van der Waals surface area contributed by atoms with E-state index in [-0.39, 0.29) is 6.04 Å². The highest BCUT2D eigenvalue weighted by Gasteiger charge is 2.16. The zero-order valence-electron chi connectivity index (χ0n) is 10.9. The minimum atomic E-state index is 0.0731. The number of nitrogens with one attached hydrogen (secondary N) is 1. The number of benzene rings is 1. The van der Waals surface area contributed by atoms with Crippen LogP contribution in [-0.4, -0.2) is 0 Å². The zero-order valence-corrected chi connectivity index (χ0v) is 12.6. The lowest BCUT2D eigenvalue weighted by molar-refractivity contribution is 0.646. The van der Waals surface area contributed by atoms with Crippen LogP contribution in [0.2, 0.25) is 0 Å². The lowest BCUT2D eigenvalue weighted by atomic mass is 10.0. The summed E-state index contributed by atoms with van der Waals surface area (Å²) in [6.45, 7) is 4.27. The number of nitrogens with two attached hydrogens (primary N) is 1. The molecule has 1 atom stereocenters. The Hall–Kier alpha value is -1.20. The van der Waals surface area contributed by atoms with E-state index in [4.69, 9.17) is 5.84 Å². The minimum Gasteiger partial charge on any atom is -0.271 e. The Balaban J connectivity index is 2.03. The number of rotatable bonds is 3. The van der Waals surface area contributed by atoms with Gasteiger partial charge in [0.05, 0.1) is 6.04 Å².